The zero-order valence-electron chi connectivity index (χ0n) is 23.1. The zero-order chi connectivity index (χ0) is 28.8. The standard InChI is InChI=1S/C33H34N2O5S/c1-22-30(21-41-31-11-3-4-16-35(31)38)39-33(40-32(22)26-14-12-24(20-36)13-15-26)29-10-6-9-28(18-29)27-8-5-7-25(17-27)19-34-23(2)37/h3-18,22,30,32-33,36H,19-21H2,1-2H3,(H,34,37)/t22-,30+,32+,33+/m0/s1. The first kappa shape index (κ1) is 28.8. The topological polar surface area (TPSA) is 94.7 Å². The molecule has 1 aromatic heterocycles. The van der Waals surface area contributed by atoms with E-state index in [4.69, 9.17) is 9.47 Å². The van der Waals surface area contributed by atoms with Gasteiger partial charge < -0.3 is 25.1 Å². The van der Waals surface area contributed by atoms with E-state index in [-0.39, 0.29) is 30.6 Å². The summed E-state index contributed by atoms with van der Waals surface area (Å²) in [6, 6.07) is 29.4. The van der Waals surface area contributed by atoms with E-state index in [0.717, 1.165) is 38.1 Å². The summed E-state index contributed by atoms with van der Waals surface area (Å²) in [6.07, 6.45) is 0.455. The molecule has 0 spiro atoms. The van der Waals surface area contributed by atoms with Crippen LogP contribution in [0.3, 0.4) is 0 Å². The van der Waals surface area contributed by atoms with Crippen LogP contribution in [0.2, 0.25) is 0 Å². The lowest BCUT2D eigenvalue weighted by Crippen LogP contribution is -2.39. The van der Waals surface area contributed by atoms with Crippen molar-refractivity contribution >= 4 is 17.7 Å². The van der Waals surface area contributed by atoms with Gasteiger partial charge in [0.05, 0.1) is 18.8 Å². The molecule has 7 nitrogen and oxygen atoms in total. The summed E-state index contributed by atoms with van der Waals surface area (Å²) in [7, 11) is 0. The van der Waals surface area contributed by atoms with E-state index in [1.807, 2.05) is 72.8 Å². The van der Waals surface area contributed by atoms with Crippen LogP contribution in [0.1, 0.15) is 48.5 Å². The number of carbonyl (C=O) groups is 1. The fourth-order valence-corrected chi connectivity index (χ4v) is 6.03. The highest BCUT2D eigenvalue weighted by molar-refractivity contribution is 7.99. The number of rotatable bonds is 9. The molecular weight excluding hydrogens is 536 g/mol. The molecule has 41 heavy (non-hydrogen) atoms. The predicted octanol–water partition coefficient (Wildman–Crippen LogP) is 5.70. The molecule has 1 saturated heterocycles. The number of carbonyl (C=O) groups excluding carboxylic acids is 1. The number of thioether (sulfide) groups is 1. The van der Waals surface area contributed by atoms with E-state index in [9.17, 15) is 15.1 Å². The Balaban J connectivity index is 1.42. The molecule has 1 fully saturated rings. The Kier molecular flexibility index (Phi) is 9.36. The van der Waals surface area contributed by atoms with E-state index in [0.29, 0.717) is 17.3 Å². The van der Waals surface area contributed by atoms with Crippen molar-refractivity contribution in [3.05, 3.63) is 125 Å². The minimum absolute atomic E-state index is 0.0104. The van der Waals surface area contributed by atoms with Crippen molar-refractivity contribution in [2.45, 2.75) is 50.5 Å². The van der Waals surface area contributed by atoms with Crippen LogP contribution < -0.4 is 10.0 Å². The second-order valence-corrected chi connectivity index (χ2v) is 11.3. The molecular formula is C33H34N2O5S. The maximum atomic E-state index is 12.3. The first-order valence-electron chi connectivity index (χ1n) is 13.7. The molecule has 0 saturated carbocycles. The molecule has 0 aliphatic carbocycles. The van der Waals surface area contributed by atoms with Crippen LogP contribution in [-0.2, 0) is 27.4 Å². The molecule has 0 unspecified atom stereocenters. The molecule has 0 bridgehead atoms. The highest BCUT2D eigenvalue weighted by Crippen LogP contribution is 2.43. The summed E-state index contributed by atoms with van der Waals surface area (Å²) in [5, 5.41) is 25.3. The molecule has 2 heterocycles. The van der Waals surface area contributed by atoms with E-state index in [1.165, 1.54) is 24.9 Å². The SMILES string of the molecule is CC(=O)NCc1cccc(-c2cccc([C@@H]3O[C@H](CSc4cccc[n+]4[O-])[C@H](C)[C@H](c4ccc(CO)cc4)O3)c2)c1. The van der Waals surface area contributed by atoms with Gasteiger partial charge in [-0.3, -0.25) is 4.79 Å². The average Bonchev–Trinajstić information content (AvgIpc) is 3.00. The molecule has 5 rings (SSSR count). The summed E-state index contributed by atoms with van der Waals surface area (Å²) in [6.45, 7) is 4.07. The molecule has 1 amide bonds. The predicted molar refractivity (Wildman–Crippen MR) is 158 cm³/mol. The van der Waals surface area contributed by atoms with Gasteiger partial charge in [-0.15, -0.1) is 0 Å². The highest BCUT2D eigenvalue weighted by atomic mass is 32.2. The minimum Gasteiger partial charge on any atom is -0.618 e. The third kappa shape index (κ3) is 7.15. The number of aliphatic hydroxyl groups is 1. The number of aliphatic hydroxyl groups excluding tert-OH is 1. The third-order valence-electron chi connectivity index (χ3n) is 7.27. The number of ether oxygens (including phenoxy) is 2. The normalized spacial score (nSPS) is 20.5. The lowest BCUT2D eigenvalue weighted by molar-refractivity contribution is -0.645. The van der Waals surface area contributed by atoms with Crippen molar-refractivity contribution in [1.29, 1.82) is 0 Å². The van der Waals surface area contributed by atoms with E-state index in [1.54, 1.807) is 6.07 Å². The van der Waals surface area contributed by atoms with Gasteiger partial charge in [0.25, 0.3) is 5.03 Å². The number of pyridine rings is 1. The summed E-state index contributed by atoms with van der Waals surface area (Å²) >= 11 is 1.47. The molecule has 4 atom stereocenters. The number of nitrogens with zero attached hydrogens (tertiary/aromatic N) is 1. The van der Waals surface area contributed by atoms with E-state index < -0.39 is 6.29 Å². The van der Waals surface area contributed by atoms with Crippen molar-refractivity contribution in [3.8, 4) is 11.1 Å². The van der Waals surface area contributed by atoms with Crippen LogP contribution in [-0.4, -0.2) is 22.9 Å². The van der Waals surface area contributed by atoms with Gasteiger partial charge in [0.2, 0.25) is 5.91 Å². The highest BCUT2D eigenvalue weighted by Gasteiger charge is 2.38. The monoisotopic (exact) mass is 570 g/mol. The maximum Gasteiger partial charge on any atom is 0.251 e. The first-order valence-corrected chi connectivity index (χ1v) is 14.6. The molecule has 0 radical (unpaired) electrons. The van der Waals surface area contributed by atoms with E-state index >= 15 is 0 Å². The third-order valence-corrected chi connectivity index (χ3v) is 8.38. The van der Waals surface area contributed by atoms with Gasteiger partial charge in [-0.25, -0.2) is 0 Å². The largest absolute Gasteiger partial charge is 0.618 e. The number of hydrogen-bond donors (Lipinski definition) is 2. The summed E-state index contributed by atoms with van der Waals surface area (Å²) < 4.78 is 14.1. The van der Waals surface area contributed by atoms with Gasteiger partial charge in [-0.2, -0.15) is 4.73 Å². The molecule has 3 aromatic carbocycles. The number of aromatic nitrogens is 1. The van der Waals surface area contributed by atoms with Crippen molar-refractivity contribution < 1.29 is 24.1 Å². The second-order valence-electron chi connectivity index (χ2n) is 10.2. The van der Waals surface area contributed by atoms with Crippen molar-refractivity contribution in [2.75, 3.05) is 5.75 Å². The lowest BCUT2D eigenvalue weighted by Gasteiger charge is -2.41. The van der Waals surface area contributed by atoms with Gasteiger partial charge in [0.15, 0.2) is 12.5 Å². The molecule has 2 N–H and O–H groups in total. The molecule has 4 aromatic rings. The Labute approximate surface area is 244 Å². The number of hydrogen-bond acceptors (Lipinski definition) is 6. The Bertz CT molecular complexity index is 1480. The smallest absolute Gasteiger partial charge is 0.251 e. The maximum absolute atomic E-state index is 12.3. The van der Waals surface area contributed by atoms with Gasteiger partial charge >= 0.3 is 0 Å². The van der Waals surface area contributed by atoms with Crippen LogP contribution in [0.15, 0.2) is 102 Å². The Morgan fingerprint density at radius 3 is 2.41 bits per heavy atom. The van der Waals surface area contributed by atoms with Gasteiger partial charge in [0.1, 0.15) is 0 Å². The minimum atomic E-state index is -0.614. The fourth-order valence-electron chi connectivity index (χ4n) is 4.95. The van der Waals surface area contributed by atoms with Crippen LogP contribution >= 0.6 is 11.8 Å². The number of nitrogens with one attached hydrogen (secondary N) is 1. The van der Waals surface area contributed by atoms with Gasteiger partial charge in [-0.1, -0.05) is 79.3 Å². The molecule has 8 heteroatoms. The van der Waals surface area contributed by atoms with E-state index in [2.05, 4.69) is 24.4 Å². The van der Waals surface area contributed by atoms with Crippen molar-refractivity contribution in [1.82, 2.24) is 5.32 Å². The number of amides is 1. The number of benzene rings is 3. The van der Waals surface area contributed by atoms with Crippen LogP contribution in [0.4, 0.5) is 0 Å². The quantitative estimate of drug-likeness (QED) is 0.152. The molecule has 212 valence electrons. The molecule has 1 aliphatic rings. The van der Waals surface area contributed by atoms with Gasteiger partial charge in [-0.05, 0) is 46.0 Å². The lowest BCUT2D eigenvalue weighted by atomic mass is 9.91. The zero-order valence-corrected chi connectivity index (χ0v) is 23.9. The Morgan fingerprint density at radius 1 is 0.927 bits per heavy atom. The Hall–Kier alpha value is -3.69. The summed E-state index contributed by atoms with van der Waals surface area (Å²) in [4.78, 5) is 11.4. The summed E-state index contributed by atoms with van der Waals surface area (Å²) in [5.74, 6) is 0.531. The van der Waals surface area contributed by atoms with Crippen LogP contribution in [0.25, 0.3) is 11.1 Å². The average molecular weight is 571 g/mol. The molecule has 1 aliphatic heterocycles. The summed E-state index contributed by atoms with van der Waals surface area (Å²) in [5.41, 5.74) is 5.82. The van der Waals surface area contributed by atoms with Crippen LogP contribution in [0, 0.1) is 11.1 Å². The Morgan fingerprint density at radius 2 is 1.68 bits per heavy atom. The fraction of sp³-hybridized carbons (Fsp3) is 0.273. The van der Waals surface area contributed by atoms with Crippen LogP contribution in [0.5, 0.6) is 0 Å². The van der Waals surface area contributed by atoms with Gasteiger partial charge in [0, 0.05) is 42.8 Å². The first-order chi connectivity index (χ1) is 19.9. The van der Waals surface area contributed by atoms with Crippen molar-refractivity contribution in [2.24, 2.45) is 5.92 Å². The van der Waals surface area contributed by atoms with Crippen molar-refractivity contribution in [3.63, 3.8) is 0 Å². The second kappa shape index (κ2) is 13.3.